The molecule has 0 unspecified atom stereocenters. The van der Waals surface area contributed by atoms with Crippen molar-refractivity contribution in [2.75, 3.05) is 13.2 Å². The highest BCUT2D eigenvalue weighted by molar-refractivity contribution is 7.48. The van der Waals surface area contributed by atoms with Crippen molar-refractivity contribution in [2.45, 2.75) is 75.8 Å². The lowest BCUT2D eigenvalue weighted by atomic mass is 9.93. The summed E-state index contributed by atoms with van der Waals surface area (Å²) >= 11 is 0. The van der Waals surface area contributed by atoms with Crippen molar-refractivity contribution in [3.63, 3.8) is 0 Å². The minimum atomic E-state index is -8.20. The number of alkyl halides is 13. The molecule has 0 aliphatic carbocycles. The summed E-state index contributed by atoms with van der Waals surface area (Å²) in [4.78, 5) is 0. The van der Waals surface area contributed by atoms with Crippen molar-refractivity contribution in [3.8, 4) is 0 Å². The Labute approximate surface area is 189 Å². The first-order valence-electron chi connectivity index (χ1n) is 9.38. The number of hydrogen-bond donors (Lipinski definition) is 0. The van der Waals surface area contributed by atoms with E-state index in [4.69, 9.17) is 0 Å². The Morgan fingerprint density at radius 2 is 1.09 bits per heavy atom. The Bertz CT molecular complexity index is 784. The van der Waals surface area contributed by atoms with Crippen LogP contribution in [0.1, 0.15) is 40.0 Å². The lowest BCUT2D eigenvalue weighted by Gasteiger charge is -2.39. The zero-order chi connectivity index (χ0) is 28.3. The van der Waals surface area contributed by atoms with E-state index in [9.17, 15) is 66.0 Å². The van der Waals surface area contributed by atoms with Gasteiger partial charge < -0.3 is 4.52 Å². The van der Waals surface area contributed by atoms with Crippen molar-refractivity contribution in [3.05, 3.63) is 11.6 Å². The molecule has 0 aromatic rings. The zero-order valence-electron chi connectivity index (χ0n) is 17.9. The van der Waals surface area contributed by atoms with Crippen LogP contribution in [0.4, 0.5) is 61.5 Å². The molecule has 0 rings (SSSR count). The van der Waals surface area contributed by atoms with E-state index in [1.54, 1.807) is 0 Å². The normalized spacial score (nSPS) is 15.8. The van der Waals surface area contributed by atoms with E-state index in [0.29, 0.717) is 0 Å². The van der Waals surface area contributed by atoms with Crippen molar-refractivity contribution in [1.82, 2.24) is 0 Å². The first-order valence-corrected chi connectivity index (χ1v) is 10.8. The molecule has 0 fully saturated rings. The fourth-order valence-corrected chi connectivity index (χ4v) is 3.41. The second-order valence-electron chi connectivity index (χ2n) is 6.58. The maximum Gasteiger partial charge on any atom is 0.529 e. The molecule has 0 amide bonds. The summed E-state index contributed by atoms with van der Waals surface area (Å²) < 4.78 is 212. The molecule has 0 N–H and O–H groups in total. The van der Waals surface area contributed by atoms with Gasteiger partial charge in [-0.15, -0.1) is 0 Å². The van der Waals surface area contributed by atoms with Gasteiger partial charge in [-0.2, -0.15) is 57.1 Å². The van der Waals surface area contributed by atoms with Gasteiger partial charge in [-0.3, -0.25) is 9.05 Å². The van der Waals surface area contributed by atoms with Crippen LogP contribution in [0.25, 0.3) is 0 Å². The van der Waals surface area contributed by atoms with Crippen LogP contribution in [0.3, 0.4) is 0 Å². The first kappa shape index (κ1) is 33.7. The summed E-state index contributed by atoms with van der Waals surface area (Å²) in [7, 11) is -5.09. The third-order valence-corrected chi connectivity index (χ3v) is 5.60. The summed E-state index contributed by atoms with van der Waals surface area (Å²) in [6.45, 7) is 2.31. The van der Waals surface area contributed by atoms with E-state index in [1.807, 2.05) is 0 Å². The molecule has 0 saturated carbocycles. The monoisotopic (exact) mass is 572 g/mol. The van der Waals surface area contributed by atoms with Crippen LogP contribution in [0.15, 0.2) is 11.6 Å². The van der Waals surface area contributed by atoms with Crippen LogP contribution in [0.2, 0.25) is 0 Å². The summed E-state index contributed by atoms with van der Waals surface area (Å²) in [6.07, 6.45) is -9.38. The lowest BCUT2D eigenvalue weighted by molar-refractivity contribution is -0.437. The minimum Gasteiger partial charge on any atom is -0.406 e. The van der Waals surface area contributed by atoms with Gasteiger partial charge in [0, 0.05) is 6.42 Å². The molecule has 210 valence electrons. The van der Waals surface area contributed by atoms with E-state index in [-0.39, 0.29) is 6.42 Å². The molecule has 0 spiro atoms. The van der Waals surface area contributed by atoms with Crippen molar-refractivity contribution < 1.29 is 79.6 Å². The maximum absolute atomic E-state index is 14.4. The van der Waals surface area contributed by atoms with Crippen LogP contribution < -0.4 is 0 Å². The number of phosphoric ester groups is 1. The van der Waals surface area contributed by atoms with Gasteiger partial charge in [-0.1, -0.05) is 13.3 Å². The van der Waals surface area contributed by atoms with Gasteiger partial charge in [0.05, 0.1) is 13.2 Å². The highest BCUT2D eigenvalue weighted by atomic mass is 31.2. The molecule has 0 aromatic heterocycles. The first-order chi connectivity index (χ1) is 15.4. The maximum atomic E-state index is 14.4. The highest BCUT2D eigenvalue weighted by Gasteiger charge is 2.91. The van der Waals surface area contributed by atoms with Crippen LogP contribution in [0, 0.1) is 0 Å². The van der Waals surface area contributed by atoms with E-state index >= 15 is 0 Å². The molecule has 35 heavy (non-hydrogen) atoms. The zero-order valence-corrected chi connectivity index (χ0v) is 18.8. The van der Waals surface area contributed by atoms with Gasteiger partial charge >= 0.3 is 43.6 Å². The highest BCUT2D eigenvalue weighted by Crippen LogP contribution is 2.62. The lowest BCUT2D eigenvalue weighted by Crippen LogP contribution is -2.70. The third kappa shape index (κ3) is 6.17. The van der Waals surface area contributed by atoms with E-state index < -0.39 is 81.3 Å². The van der Waals surface area contributed by atoms with E-state index in [2.05, 4.69) is 13.6 Å². The SMILES string of the molecule is CCCC/C(OP(=O)(OCC)OCC)=C(\F)C(F)(F)C(F)(F)C(F)(F)C(F)(F)C(F)(F)C(F)(F)F. The molecule has 0 aliphatic heterocycles. The predicted octanol–water partition coefficient (Wildman–Crippen LogP) is 8.29. The minimum absolute atomic E-state index is 0.0677. The largest absolute Gasteiger partial charge is 0.529 e. The number of allylic oxidation sites excluding steroid dienone is 2. The Morgan fingerprint density at radius 3 is 1.43 bits per heavy atom. The molecule has 0 radical (unpaired) electrons. The Hall–Kier alpha value is -1.29. The average molecular weight is 572 g/mol. The van der Waals surface area contributed by atoms with Gasteiger partial charge in [0.1, 0.15) is 5.76 Å². The van der Waals surface area contributed by atoms with E-state index in [0.717, 1.165) is 13.8 Å². The Kier molecular flexibility index (Phi) is 10.6. The second-order valence-corrected chi connectivity index (χ2v) is 8.18. The van der Waals surface area contributed by atoms with Crippen molar-refractivity contribution >= 4 is 7.82 Å². The molecule has 19 heteroatoms. The number of unbranched alkanes of at least 4 members (excludes halogenated alkanes) is 1. The van der Waals surface area contributed by atoms with Gasteiger partial charge in [-0.05, 0) is 20.3 Å². The number of hydrogen-bond acceptors (Lipinski definition) is 4. The number of phosphoric acid groups is 1. The summed E-state index contributed by atoms with van der Waals surface area (Å²) in [5, 5.41) is 0. The van der Waals surface area contributed by atoms with Crippen LogP contribution in [0.5, 0.6) is 0 Å². The second kappa shape index (κ2) is 11.0. The molecular formula is C16H19F14O4P. The van der Waals surface area contributed by atoms with Gasteiger partial charge in [0.25, 0.3) is 0 Å². The van der Waals surface area contributed by atoms with Gasteiger partial charge in [0.15, 0.2) is 0 Å². The molecule has 0 bridgehead atoms. The summed E-state index contributed by atoms with van der Waals surface area (Å²) in [6, 6.07) is 0. The fourth-order valence-electron chi connectivity index (χ4n) is 2.16. The Balaban J connectivity index is 6.87. The van der Waals surface area contributed by atoms with Crippen LogP contribution in [-0.4, -0.2) is 49.0 Å². The van der Waals surface area contributed by atoms with Gasteiger partial charge in [0.2, 0.25) is 5.83 Å². The smallest absolute Gasteiger partial charge is 0.406 e. The predicted molar refractivity (Wildman–Crippen MR) is 90.4 cm³/mol. The Morgan fingerprint density at radius 1 is 0.686 bits per heavy atom. The quantitative estimate of drug-likeness (QED) is 0.119. The fraction of sp³-hybridized carbons (Fsp3) is 0.875. The molecule has 4 nitrogen and oxygen atoms in total. The average Bonchev–Trinajstić information content (AvgIpc) is 2.69. The third-order valence-electron chi connectivity index (χ3n) is 4.01. The topological polar surface area (TPSA) is 44.8 Å². The molecule has 0 aliphatic rings. The summed E-state index contributed by atoms with van der Waals surface area (Å²) in [5.74, 6) is -45.4. The van der Waals surface area contributed by atoms with Crippen molar-refractivity contribution in [1.29, 1.82) is 0 Å². The summed E-state index contributed by atoms with van der Waals surface area (Å²) in [5.41, 5.74) is 0. The molecule has 0 heterocycles. The van der Waals surface area contributed by atoms with Crippen LogP contribution in [-0.2, 0) is 18.1 Å². The molecular weight excluding hydrogens is 553 g/mol. The molecule has 0 atom stereocenters. The number of halogens is 14. The van der Waals surface area contributed by atoms with Crippen molar-refractivity contribution in [2.24, 2.45) is 0 Å². The molecule has 0 aromatic carbocycles. The molecule has 0 saturated heterocycles. The van der Waals surface area contributed by atoms with Crippen LogP contribution >= 0.6 is 7.82 Å². The van der Waals surface area contributed by atoms with E-state index in [1.165, 1.54) is 6.92 Å². The standard InChI is InChI=1S/C16H19F14O4P/c1-4-7-8-9(34-35(31,32-5-2)33-6-3)10(17)11(18,19)12(20,21)13(22,23)14(24,25)15(26,27)16(28,29)30/h4-8H2,1-3H3/b10-9+. The van der Waals surface area contributed by atoms with Gasteiger partial charge in [-0.25, -0.2) is 8.96 Å². The number of rotatable bonds is 14.